The highest BCUT2D eigenvalue weighted by molar-refractivity contribution is 5.93. The summed E-state index contributed by atoms with van der Waals surface area (Å²) in [6, 6.07) is 6.27. The molecule has 0 spiro atoms. The minimum Gasteiger partial charge on any atom is -0.343 e. The van der Waals surface area contributed by atoms with E-state index < -0.39 is 0 Å². The van der Waals surface area contributed by atoms with Crippen LogP contribution in [0.4, 0.5) is 11.5 Å². The van der Waals surface area contributed by atoms with Gasteiger partial charge in [-0.2, -0.15) is 0 Å². The molecule has 2 N–H and O–H groups in total. The third-order valence-corrected chi connectivity index (χ3v) is 3.82. The molecule has 0 atom stereocenters. The molecule has 2 heterocycles. The Morgan fingerprint density at radius 3 is 2.40 bits per heavy atom. The van der Waals surface area contributed by atoms with Crippen LogP contribution < -0.4 is 5.32 Å². The lowest BCUT2D eigenvalue weighted by Crippen LogP contribution is -1.99. The van der Waals surface area contributed by atoms with E-state index in [2.05, 4.69) is 66.2 Å². The molecule has 0 aliphatic carbocycles. The average molecular weight is 266 g/mol. The van der Waals surface area contributed by atoms with Gasteiger partial charge in [-0.25, -0.2) is 9.97 Å². The Hall–Kier alpha value is -2.36. The van der Waals surface area contributed by atoms with Gasteiger partial charge in [0, 0.05) is 11.4 Å². The first-order valence-corrected chi connectivity index (χ1v) is 6.71. The number of nitrogens with zero attached hydrogens (tertiary/aromatic N) is 2. The molecule has 3 aromatic rings. The predicted molar refractivity (Wildman–Crippen MR) is 82.6 cm³/mol. The molecule has 0 aliphatic rings. The van der Waals surface area contributed by atoms with Crippen LogP contribution in [0.5, 0.6) is 0 Å². The van der Waals surface area contributed by atoms with Crippen molar-refractivity contribution >= 4 is 22.5 Å². The minimum atomic E-state index is 0.856. The standard InChI is InChI=1S/C16H18N4/c1-9-6-5-7-10(2)14(9)20-16-13-11(3)12(4)19-15(13)17-8-18-16/h5-8H,1-4H3,(H2,17,18,19,20). The van der Waals surface area contributed by atoms with Crippen molar-refractivity contribution in [2.45, 2.75) is 27.7 Å². The number of H-pyrrole nitrogens is 1. The normalized spacial score (nSPS) is 11.0. The summed E-state index contributed by atoms with van der Waals surface area (Å²) in [4.78, 5) is 12.0. The summed E-state index contributed by atoms with van der Waals surface area (Å²) in [6.07, 6.45) is 1.59. The number of hydrogen-bond donors (Lipinski definition) is 2. The van der Waals surface area contributed by atoms with E-state index in [1.807, 2.05) is 0 Å². The lowest BCUT2D eigenvalue weighted by atomic mass is 10.1. The lowest BCUT2D eigenvalue weighted by Gasteiger charge is -2.12. The smallest absolute Gasteiger partial charge is 0.143 e. The van der Waals surface area contributed by atoms with Gasteiger partial charge >= 0.3 is 0 Å². The highest BCUT2D eigenvalue weighted by Crippen LogP contribution is 2.30. The summed E-state index contributed by atoms with van der Waals surface area (Å²) in [5.74, 6) is 0.856. The van der Waals surface area contributed by atoms with Gasteiger partial charge in [-0.05, 0) is 44.4 Å². The molecular weight excluding hydrogens is 248 g/mol. The Morgan fingerprint density at radius 2 is 1.70 bits per heavy atom. The monoisotopic (exact) mass is 266 g/mol. The van der Waals surface area contributed by atoms with Crippen molar-refractivity contribution in [1.82, 2.24) is 15.0 Å². The van der Waals surface area contributed by atoms with E-state index in [9.17, 15) is 0 Å². The van der Waals surface area contributed by atoms with E-state index in [0.29, 0.717) is 0 Å². The van der Waals surface area contributed by atoms with Crippen molar-refractivity contribution in [3.63, 3.8) is 0 Å². The Kier molecular flexibility index (Phi) is 2.93. The summed E-state index contributed by atoms with van der Waals surface area (Å²) in [7, 11) is 0. The van der Waals surface area contributed by atoms with Crippen molar-refractivity contribution in [1.29, 1.82) is 0 Å². The van der Waals surface area contributed by atoms with Gasteiger partial charge < -0.3 is 10.3 Å². The van der Waals surface area contributed by atoms with E-state index in [0.717, 1.165) is 28.2 Å². The molecule has 0 radical (unpaired) electrons. The molecule has 102 valence electrons. The molecule has 4 heteroatoms. The fourth-order valence-corrected chi connectivity index (χ4v) is 2.52. The van der Waals surface area contributed by atoms with E-state index in [-0.39, 0.29) is 0 Å². The van der Waals surface area contributed by atoms with Gasteiger partial charge in [-0.3, -0.25) is 0 Å². The number of aromatic nitrogens is 3. The predicted octanol–water partition coefficient (Wildman–Crippen LogP) is 3.94. The van der Waals surface area contributed by atoms with Crippen LogP contribution in [0.25, 0.3) is 11.0 Å². The van der Waals surface area contributed by atoms with Gasteiger partial charge in [0.25, 0.3) is 0 Å². The number of aryl methyl sites for hydroxylation is 4. The molecule has 0 amide bonds. The molecule has 0 unspecified atom stereocenters. The number of hydrogen-bond acceptors (Lipinski definition) is 3. The van der Waals surface area contributed by atoms with Gasteiger partial charge in [-0.1, -0.05) is 18.2 Å². The fourth-order valence-electron chi connectivity index (χ4n) is 2.52. The molecule has 0 bridgehead atoms. The van der Waals surface area contributed by atoms with Crippen LogP contribution in [0.1, 0.15) is 22.4 Å². The van der Waals surface area contributed by atoms with Crippen LogP contribution in [0.15, 0.2) is 24.5 Å². The Balaban J connectivity index is 2.16. The van der Waals surface area contributed by atoms with Crippen molar-refractivity contribution in [3.05, 3.63) is 46.9 Å². The van der Waals surface area contributed by atoms with Crippen LogP contribution in [-0.2, 0) is 0 Å². The quantitative estimate of drug-likeness (QED) is 0.738. The summed E-state index contributed by atoms with van der Waals surface area (Å²) in [5, 5.41) is 4.53. The maximum absolute atomic E-state index is 4.42. The Bertz CT molecular complexity index is 766. The van der Waals surface area contributed by atoms with Gasteiger partial charge in [0.05, 0.1) is 5.39 Å². The largest absolute Gasteiger partial charge is 0.343 e. The second-order valence-electron chi connectivity index (χ2n) is 5.21. The summed E-state index contributed by atoms with van der Waals surface area (Å²) in [6.45, 7) is 8.35. The van der Waals surface area contributed by atoms with Crippen molar-refractivity contribution in [3.8, 4) is 0 Å². The second kappa shape index (κ2) is 4.63. The molecule has 0 saturated heterocycles. The Labute approximate surface area is 118 Å². The number of benzene rings is 1. The molecule has 0 fully saturated rings. The van der Waals surface area contributed by atoms with Gasteiger partial charge in [0.1, 0.15) is 17.8 Å². The third-order valence-electron chi connectivity index (χ3n) is 3.82. The molecule has 4 nitrogen and oxygen atoms in total. The van der Waals surface area contributed by atoms with E-state index in [4.69, 9.17) is 0 Å². The topological polar surface area (TPSA) is 53.6 Å². The second-order valence-corrected chi connectivity index (χ2v) is 5.21. The molecule has 0 saturated carbocycles. The molecule has 3 rings (SSSR count). The summed E-state index contributed by atoms with van der Waals surface area (Å²) >= 11 is 0. The van der Waals surface area contributed by atoms with E-state index in [1.165, 1.54) is 16.7 Å². The number of aromatic amines is 1. The van der Waals surface area contributed by atoms with Gasteiger partial charge in [0.2, 0.25) is 0 Å². The van der Waals surface area contributed by atoms with Crippen molar-refractivity contribution < 1.29 is 0 Å². The molecule has 2 aromatic heterocycles. The van der Waals surface area contributed by atoms with Crippen molar-refractivity contribution in [2.24, 2.45) is 0 Å². The lowest BCUT2D eigenvalue weighted by molar-refractivity contribution is 1.18. The zero-order valence-corrected chi connectivity index (χ0v) is 12.2. The molecule has 1 aromatic carbocycles. The highest BCUT2D eigenvalue weighted by atomic mass is 15.0. The number of rotatable bonds is 2. The van der Waals surface area contributed by atoms with Crippen LogP contribution in [0.2, 0.25) is 0 Å². The van der Waals surface area contributed by atoms with Crippen LogP contribution in [0.3, 0.4) is 0 Å². The maximum atomic E-state index is 4.42. The maximum Gasteiger partial charge on any atom is 0.143 e. The first-order valence-electron chi connectivity index (χ1n) is 6.71. The zero-order valence-electron chi connectivity index (χ0n) is 12.2. The zero-order chi connectivity index (χ0) is 14.3. The number of nitrogens with one attached hydrogen (secondary N) is 2. The van der Waals surface area contributed by atoms with E-state index in [1.54, 1.807) is 6.33 Å². The molecular formula is C16H18N4. The van der Waals surface area contributed by atoms with Crippen LogP contribution in [-0.4, -0.2) is 15.0 Å². The van der Waals surface area contributed by atoms with Crippen molar-refractivity contribution in [2.75, 3.05) is 5.32 Å². The van der Waals surface area contributed by atoms with Crippen LogP contribution >= 0.6 is 0 Å². The third kappa shape index (κ3) is 1.93. The SMILES string of the molecule is Cc1cccc(C)c1Nc1ncnc2[nH]c(C)c(C)c12. The Morgan fingerprint density at radius 1 is 1.00 bits per heavy atom. The number of anilines is 2. The van der Waals surface area contributed by atoms with E-state index >= 15 is 0 Å². The summed E-state index contributed by atoms with van der Waals surface area (Å²) < 4.78 is 0. The first-order chi connectivity index (χ1) is 9.58. The number of para-hydroxylation sites is 1. The fraction of sp³-hybridized carbons (Fsp3) is 0.250. The first kappa shape index (κ1) is 12.7. The number of fused-ring (bicyclic) bond motifs is 1. The molecule has 20 heavy (non-hydrogen) atoms. The van der Waals surface area contributed by atoms with Crippen LogP contribution in [0, 0.1) is 27.7 Å². The molecule has 0 aliphatic heterocycles. The minimum absolute atomic E-state index is 0.856. The highest BCUT2D eigenvalue weighted by Gasteiger charge is 2.12. The van der Waals surface area contributed by atoms with Gasteiger partial charge in [0.15, 0.2) is 0 Å². The van der Waals surface area contributed by atoms with Gasteiger partial charge in [-0.15, -0.1) is 0 Å². The summed E-state index contributed by atoms with van der Waals surface area (Å²) in [5.41, 5.74) is 6.73. The average Bonchev–Trinajstić information content (AvgIpc) is 2.71.